The van der Waals surface area contributed by atoms with Gasteiger partial charge in [-0.1, -0.05) is 20.8 Å². The largest absolute Gasteiger partial charge is 0.465 e. The van der Waals surface area contributed by atoms with Crippen molar-refractivity contribution >= 4 is 35.4 Å². The van der Waals surface area contributed by atoms with Crippen molar-refractivity contribution in [2.45, 2.75) is 45.7 Å². The van der Waals surface area contributed by atoms with Crippen LogP contribution in [0.15, 0.2) is 18.2 Å². The number of hydrogen-bond donors (Lipinski definition) is 3. The Bertz CT molecular complexity index is 1220. The molecule has 3 fully saturated rings. The van der Waals surface area contributed by atoms with Gasteiger partial charge in [0.05, 0.1) is 24.3 Å². The summed E-state index contributed by atoms with van der Waals surface area (Å²) in [5, 5.41) is 14.9. The SMILES string of the molecule is CC(C)(C)C1N(C(=O)O)CC12CN(CCOCCNc1ccc3c(c1)C(=O)N(C1CCC(=O)NC1=O)C3=O)C2. The van der Waals surface area contributed by atoms with Gasteiger partial charge in [-0.15, -0.1) is 0 Å². The molecule has 39 heavy (non-hydrogen) atoms. The van der Waals surface area contributed by atoms with E-state index in [2.05, 4.69) is 36.3 Å². The first-order chi connectivity index (χ1) is 18.4. The molecular weight excluding hydrogens is 506 g/mol. The van der Waals surface area contributed by atoms with E-state index in [1.807, 2.05) is 0 Å². The highest BCUT2D eigenvalue weighted by molar-refractivity contribution is 6.23. The Morgan fingerprint density at radius 3 is 2.49 bits per heavy atom. The van der Waals surface area contributed by atoms with Crippen molar-refractivity contribution in [3.63, 3.8) is 0 Å². The van der Waals surface area contributed by atoms with Crippen molar-refractivity contribution in [1.29, 1.82) is 0 Å². The van der Waals surface area contributed by atoms with E-state index in [1.54, 1.807) is 23.1 Å². The number of nitrogens with one attached hydrogen (secondary N) is 2. The van der Waals surface area contributed by atoms with E-state index >= 15 is 0 Å². The number of amides is 5. The van der Waals surface area contributed by atoms with Gasteiger partial charge in [0.2, 0.25) is 11.8 Å². The fourth-order valence-electron chi connectivity index (χ4n) is 6.72. The molecule has 2 unspecified atom stereocenters. The van der Waals surface area contributed by atoms with E-state index in [4.69, 9.17) is 4.74 Å². The van der Waals surface area contributed by atoms with E-state index in [0.29, 0.717) is 32.0 Å². The topological polar surface area (TPSA) is 149 Å². The zero-order chi connectivity index (χ0) is 28.1. The van der Waals surface area contributed by atoms with E-state index in [-0.39, 0.29) is 40.8 Å². The zero-order valence-corrected chi connectivity index (χ0v) is 22.5. The van der Waals surface area contributed by atoms with Crippen LogP contribution in [0.4, 0.5) is 10.5 Å². The molecule has 1 aromatic carbocycles. The Morgan fingerprint density at radius 1 is 1.10 bits per heavy atom. The van der Waals surface area contributed by atoms with Crippen LogP contribution in [0, 0.1) is 10.8 Å². The van der Waals surface area contributed by atoms with E-state index < -0.39 is 35.8 Å². The Labute approximate surface area is 226 Å². The number of ether oxygens (including phenoxy) is 1. The van der Waals surface area contributed by atoms with Gasteiger partial charge in [0, 0.05) is 56.3 Å². The number of carbonyl (C=O) groups excluding carboxylic acids is 4. The number of carboxylic acid groups (broad SMARTS) is 1. The predicted molar refractivity (Wildman–Crippen MR) is 139 cm³/mol. The monoisotopic (exact) mass is 541 g/mol. The molecule has 1 spiro atoms. The third-order valence-electron chi connectivity index (χ3n) is 8.09. The maximum Gasteiger partial charge on any atom is 0.407 e. The molecule has 1 aromatic rings. The molecule has 5 amide bonds. The molecule has 4 aliphatic heterocycles. The summed E-state index contributed by atoms with van der Waals surface area (Å²) in [5.74, 6) is -2.11. The summed E-state index contributed by atoms with van der Waals surface area (Å²) in [5.41, 5.74) is 1.07. The lowest BCUT2D eigenvalue weighted by molar-refractivity contribution is -0.185. The molecule has 0 radical (unpaired) electrons. The molecule has 2 atom stereocenters. The number of carbonyl (C=O) groups is 5. The number of piperidine rings is 1. The molecule has 12 nitrogen and oxygen atoms in total. The molecule has 0 saturated carbocycles. The van der Waals surface area contributed by atoms with Crippen molar-refractivity contribution in [2.75, 3.05) is 51.3 Å². The van der Waals surface area contributed by atoms with Crippen LogP contribution in [0.2, 0.25) is 0 Å². The van der Waals surface area contributed by atoms with Crippen LogP contribution in [-0.2, 0) is 14.3 Å². The van der Waals surface area contributed by atoms with Crippen molar-refractivity contribution < 1.29 is 33.8 Å². The lowest BCUT2D eigenvalue weighted by Crippen LogP contribution is -2.80. The number of imide groups is 2. The second-order valence-corrected chi connectivity index (χ2v) is 12.0. The summed E-state index contributed by atoms with van der Waals surface area (Å²) in [6.45, 7) is 10.9. The second-order valence-electron chi connectivity index (χ2n) is 12.0. The molecule has 5 rings (SSSR count). The Hall–Kier alpha value is -3.51. The molecule has 0 bridgehead atoms. The molecule has 12 heteroatoms. The van der Waals surface area contributed by atoms with E-state index in [0.717, 1.165) is 24.5 Å². The third-order valence-corrected chi connectivity index (χ3v) is 8.09. The number of hydrogen-bond acceptors (Lipinski definition) is 8. The van der Waals surface area contributed by atoms with Gasteiger partial charge in [-0.05, 0) is 30.0 Å². The van der Waals surface area contributed by atoms with Crippen LogP contribution in [-0.4, -0.2) is 108 Å². The van der Waals surface area contributed by atoms with Crippen LogP contribution in [0.25, 0.3) is 0 Å². The maximum absolute atomic E-state index is 12.9. The minimum absolute atomic E-state index is 0.0227. The van der Waals surface area contributed by atoms with Gasteiger partial charge in [0.25, 0.3) is 11.8 Å². The lowest BCUT2D eigenvalue weighted by atomic mass is 9.58. The summed E-state index contributed by atoms with van der Waals surface area (Å²) >= 11 is 0. The summed E-state index contributed by atoms with van der Waals surface area (Å²) in [4.78, 5) is 65.7. The number of fused-ring (bicyclic) bond motifs is 1. The highest BCUT2D eigenvalue weighted by Crippen LogP contribution is 2.52. The van der Waals surface area contributed by atoms with Crippen LogP contribution >= 0.6 is 0 Å². The Kier molecular flexibility index (Phi) is 6.88. The average Bonchev–Trinajstić information content (AvgIpc) is 3.04. The second kappa shape index (κ2) is 9.91. The molecular formula is C27H35N5O7. The number of benzene rings is 1. The molecule has 210 valence electrons. The molecule has 3 N–H and O–H groups in total. The molecule has 0 aromatic heterocycles. The highest BCUT2D eigenvalue weighted by Gasteiger charge is 2.63. The molecule has 4 heterocycles. The zero-order valence-electron chi connectivity index (χ0n) is 22.5. The van der Waals surface area contributed by atoms with Crippen LogP contribution in [0.3, 0.4) is 0 Å². The minimum Gasteiger partial charge on any atom is -0.465 e. The van der Waals surface area contributed by atoms with Crippen molar-refractivity contribution in [3.05, 3.63) is 29.3 Å². The summed E-state index contributed by atoms with van der Waals surface area (Å²) < 4.78 is 5.77. The molecule has 0 aliphatic carbocycles. The number of likely N-dealkylation sites (tertiary alicyclic amines) is 2. The van der Waals surface area contributed by atoms with Crippen molar-refractivity contribution in [3.8, 4) is 0 Å². The van der Waals surface area contributed by atoms with Crippen molar-refractivity contribution in [1.82, 2.24) is 20.0 Å². The average molecular weight is 542 g/mol. The van der Waals surface area contributed by atoms with Crippen LogP contribution in [0.5, 0.6) is 0 Å². The Balaban J connectivity index is 1.04. The van der Waals surface area contributed by atoms with Gasteiger partial charge in [-0.25, -0.2) is 4.79 Å². The smallest absolute Gasteiger partial charge is 0.407 e. The maximum atomic E-state index is 12.9. The van der Waals surface area contributed by atoms with Crippen LogP contribution < -0.4 is 10.6 Å². The first-order valence-corrected chi connectivity index (χ1v) is 13.3. The molecule has 4 aliphatic rings. The minimum atomic E-state index is -0.985. The normalized spacial score (nSPS) is 24.4. The summed E-state index contributed by atoms with van der Waals surface area (Å²) in [6.07, 6.45) is -0.647. The third kappa shape index (κ3) is 4.87. The summed E-state index contributed by atoms with van der Waals surface area (Å²) in [6, 6.07) is 3.92. The first kappa shape index (κ1) is 27.1. The fraction of sp³-hybridized carbons (Fsp3) is 0.593. The number of rotatable bonds is 8. The van der Waals surface area contributed by atoms with E-state index in [1.165, 1.54) is 0 Å². The van der Waals surface area contributed by atoms with Crippen molar-refractivity contribution in [2.24, 2.45) is 10.8 Å². The fourth-order valence-corrected chi connectivity index (χ4v) is 6.72. The number of anilines is 1. The predicted octanol–water partition coefficient (Wildman–Crippen LogP) is 1.23. The standard InChI is InChI=1S/C27H35N5O7/c1-26(2,3)24-27(15-31(24)25(37)38)13-30(14-27)9-11-39-10-8-28-16-4-5-17-18(12-16)23(36)32(22(17)35)19-6-7-20(33)29-21(19)34/h4-5,12,19,24,28H,6-11,13-15H2,1-3H3,(H,37,38)(H,29,33,34). The van der Waals surface area contributed by atoms with Gasteiger partial charge in [0.1, 0.15) is 6.04 Å². The molecule has 3 saturated heterocycles. The van der Waals surface area contributed by atoms with Crippen LogP contribution in [0.1, 0.15) is 54.3 Å². The van der Waals surface area contributed by atoms with Gasteiger partial charge >= 0.3 is 6.09 Å². The van der Waals surface area contributed by atoms with Gasteiger partial charge < -0.3 is 20.1 Å². The quantitative estimate of drug-likeness (QED) is 0.326. The summed E-state index contributed by atoms with van der Waals surface area (Å²) in [7, 11) is 0. The first-order valence-electron chi connectivity index (χ1n) is 13.3. The highest BCUT2D eigenvalue weighted by atomic mass is 16.5. The van der Waals surface area contributed by atoms with Gasteiger partial charge in [-0.3, -0.25) is 34.3 Å². The lowest BCUT2D eigenvalue weighted by Gasteiger charge is -2.68. The number of nitrogens with zero attached hydrogens (tertiary/aromatic N) is 3. The Morgan fingerprint density at radius 2 is 1.82 bits per heavy atom. The van der Waals surface area contributed by atoms with Gasteiger partial charge in [-0.2, -0.15) is 0 Å². The van der Waals surface area contributed by atoms with Gasteiger partial charge in [0.15, 0.2) is 0 Å². The van der Waals surface area contributed by atoms with E-state index in [9.17, 15) is 29.1 Å².